The van der Waals surface area contributed by atoms with E-state index in [1.54, 1.807) is 24.3 Å². The van der Waals surface area contributed by atoms with Gasteiger partial charge in [0.25, 0.3) is 16.0 Å². The standard InChI is InChI=1S/C14H20N2O7S/c1-10(9-24(19,20)21)12(13(17)16-22-2)15-14(18)23-8-11-6-4-3-5-7-11/h3-7,10,12H,8-9H2,1-2H3,(H,15,18)(H,16,17)(H,19,20,21)/t10-,12-/m1/s1. The van der Waals surface area contributed by atoms with Gasteiger partial charge in [-0.15, -0.1) is 0 Å². The quantitative estimate of drug-likeness (QED) is 0.454. The Kier molecular flexibility index (Phi) is 7.62. The number of ether oxygens (including phenoxy) is 1. The van der Waals surface area contributed by atoms with Crippen LogP contribution in [-0.2, 0) is 31.1 Å². The first-order chi connectivity index (χ1) is 11.2. The smallest absolute Gasteiger partial charge is 0.408 e. The monoisotopic (exact) mass is 360 g/mol. The predicted molar refractivity (Wildman–Crippen MR) is 84.3 cm³/mol. The van der Waals surface area contributed by atoms with E-state index in [0.29, 0.717) is 0 Å². The summed E-state index contributed by atoms with van der Waals surface area (Å²) in [5.74, 6) is -2.40. The third kappa shape index (κ3) is 7.40. The van der Waals surface area contributed by atoms with Crippen molar-refractivity contribution in [2.45, 2.75) is 19.6 Å². The maximum atomic E-state index is 11.9. The highest BCUT2D eigenvalue weighted by atomic mass is 32.2. The van der Waals surface area contributed by atoms with Gasteiger partial charge in [-0.2, -0.15) is 8.42 Å². The molecule has 0 fully saturated rings. The lowest BCUT2D eigenvalue weighted by Crippen LogP contribution is -2.51. The van der Waals surface area contributed by atoms with E-state index in [1.807, 2.05) is 11.5 Å². The van der Waals surface area contributed by atoms with Gasteiger partial charge in [0.05, 0.1) is 12.9 Å². The van der Waals surface area contributed by atoms with Crippen LogP contribution < -0.4 is 10.8 Å². The number of amides is 2. The third-order valence-corrected chi connectivity index (χ3v) is 3.96. The van der Waals surface area contributed by atoms with Crippen molar-refractivity contribution in [2.75, 3.05) is 12.9 Å². The molecule has 24 heavy (non-hydrogen) atoms. The van der Waals surface area contributed by atoms with Crippen LogP contribution in [0.25, 0.3) is 0 Å². The van der Waals surface area contributed by atoms with E-state index in [9.17, 15) is 18.0 Å². The van der Waals surface area contributed by atoms with Crippen LogP contribution in [-0.4, -0.2) is 43.9 Å². The normalized spacial score (nSPS) is 13.6. The van der Waals surface area contributed by atoms with E-state index in [-0.39, 0.29) is 6.61 Å². The second-order valence-electron chi connectivity index (χ2n) is 5.08. The molecule has 0 bridgehead atoms. The van der Waals surface area contributed by atoms with Crippen LogP contribution in [0.4, 0.5) is 4.79 Å². The Bertz CT molecular complexity index is 648. The average molecular weight is 360 g/mol. The molecule has 1 aromatic carbocycles. The first-order valence-corrected chi connectivity index (χ1v) is 8.59. The van der Waals surface area contributed by atoms with Crippen LogP contribution in [0.5, 0.6) is 0 Å². The zero-order chi connectivity index (χ0) is 18.2. The van der Waals surface area contributed by atoms with Crippen LogP contribution in [0, 0.1) is 5.92 Å². The molecule has 2 amide bonds. The van der Waals surface area contributed by atoms with Crippen molar-refractivity contribution in [3.05, 3.63) is 35.9 Å². The number of alkyl carbamates (subject to hydrolysis) is 1. The van der Waals surface area contributed by atoms with Crippen LogP contribution >= 0.6 is 0 Å². The molecule has 134 valence electrons. The second kappa shape index (κ2) is 9.21. The van der Waals surface area contributed by atoms with Gasteiger partial charge in [-0.25, -0.2) is 10.3 Å². The van der Waals surface area contributed by atoms with Crippen LogP contribution in [0.2, 0.25) is 0 Å². The predicted octanol–water partition coefficient (Wildman–Crippen LogP) is 0.483. The highest BCUT2D eigenvalue weighted by molar-refractivity contribution is 7.85. The topological polar surface area (TPSA) is 131 Å². The molecule has 0 saturated heterocycles. The Morgan fingerprint density at radius 1 is 1.25 bits per heavy atom. The minimum Gasteiger partial charge on any atom is -0.445 e. The summed E-state index contributed by atoms with van der Waals surface area (Å²) < 4.78 is 35.8. The molecule has 10 heteroatoms. The van der Waals surface area contributed by atoms with E-state index in [2.05, 4.69) is 10.2 Å². The van der Waals surface area contributed by atoms with E-state index in [0.717, 1.165) is 5.56 Å². The van der Waals surface area contributed by atoms with E-state index in [1.165, 1.54) is 14.0 Å². The fourth-order valence-corrected chi connectivity index (χ4v) is 2.81. The average Bonchev–Trinajstić information content (AvgIpc) is 2.50. The maximum Gasteiger partial charge on any atom is 0.408 e. The van der Waals surface area contributed by atoms with Crippen molar-refractivity contribution in [1.82, 2.24) is 10.8 Å². The molecule has 0 aromatic heterocycles. The molecule has 3 N–H and O–H groups in total. The summed E-state index contributed by atoms with van der Waals surface area (Å²) >= 11 is 0. The lowest BCUT2D eigenvalue weighted by Gasteiger charge is -2.22. The van der Waals surface area contributed by atoms with Crippen molar-refractivity contribution in [3.63, 3.8) is 0 Å². The summed E-state index contributed by atoms with van der Waals surface area (Å²) in [6, 6.07) is 7.60. The lowest BCUT2D eigenvalue weighted by molar-refractivity contribution is -0.134. The van der Waals surface area contributed by atoms with E-state index >= 15 is 0 Å². The summed E-state index contributed by atoms with van der Waals surface area (Å²) in [5, 5.41) is 2.27. The van der Waals surface area contributed by atoms with Gasteiger partial charge in [0.15, 0.2) is 0 Å². The van der Waals surface area contributed by atoms with Gasteiger partial charge in [-0.1, -0.05) is 37.3 Å². The fraction of sp³-hybridized carbons (Fsp3) is 0.429. The van der Waals surface area contributed by atoms with Gasteiger partial charge >= 0.3 is 6.09 Å². The van der Waals surface area contributed by atoms with E-state index < -0.39 is 39.8 Å². The molecule has 0 heterocycles. The molecule has 2 atom stereocenters. The van der Waals surface area contributed by atoms with Crippen LogP contribution in [0.1, 0.15) is 12.5 Å². The van der Waals surface area contributed by atoms with Crippen molar-refractivity contribution < 1.29 is 32.1 Å². The molecular weight excluding hydrogens is 340 g/mol. The Morgan fingerprint density at radius 2 is 1.88 bits per heavy atom. The molecule has 0 aliphatic rings. The summed E-state index contributed by atoms with van der Waals surface area (Å²) in [6.45, 7) is 1.36. The van der Waals surface area contributed by atoms with Crippen molar-refractivity contribution in [3.8, 4) is 0 Å². The number of carbonyl (C=O) groups excluding carboxylic acids is 2. The SMILES string of the molecule is CONC(=O)[C@H](NC(=O)OCc1ccccc1)[C@H](C)CS(=O)(=O)O. The number of carbonyl (C=O) groups is 2. The largest absolute Gasteiger partial charge is 0.445 e. The number of benzene rings is 1. The molecule has 0 saturated carbocycles. The Labute approximate surface area is 140 Å². The molecule has 0 aliphatic carbocycles. The van der Waals surface area contributed by atoms with Gasteiger partial charge in [-0.3, -0.25) is 14.2 Å². The molecule has 0 spiro atoms. The highest BCUT2D eigenvalue weighted by Gasteiger charge is 2.30. The van der Waals surface area contributed by atoms with Crippen molar-refractivity contribution in [2.24, 2.45) is 5.92 Å². The highest BCUT2D eigenvalue weighted by Crippen LogP contribution is 2.08. The van der Waals surface area contributed by atoms with Gasteiger partial charge in [-0.05, 0) is 5.56 Å². The minimum absolute atomic E-state index is 0.0159. The molecule has 0 unspecified atom stereocenters. The van der Waals surface area contributed by atoms with Gasteiger partial charge < -0.3 is 10.1 Å². The fourth-order valence-electron chi connectivity index (χ4n) is 1.95. The summed E-state index contributed by atoms with van der Waals surface area (Å²) in [6.07, 6.45) is -0.905. The molecule has 1 rings (SSSR count). The van der Waals surface area contributed by atoms with Crippen LogP contribution in [0.15, 0.2) is 30.3 Å². The first-order valence-electron chi connectivity index (χ1n) is 6.98. The lowest BCUT2D eigenvalue weighted by atomic mass is 10.0. The zero-order valence-electron chi connectivity index (χ0n) is 13.3. The first kappa shape index (κ1) is 19.9. The Hall–Kier alpha value is -2.17. The Balaban J connectivity index is 2.69. The number of hydrogen-bond acceptors (Lipinski definition) is 6. The third-order valence-electron chi connectivity index (χ3n) is 3.01. The molecular formula is C14H20N2O7S. The molecule has 1 aromatic rings. The number of nitrogens with one attached hydrogen (secondary N) is 2. The molecule has 0 aliphatic heterocycles. The minimum atomic E-state index is -4.32. The van der Waals surface area contributed by atoms with Gasteiger partial charge in [0.1, 0.15) is 12.6 Å². The molecule has 0 radical (unpaired) electrons. The van der Waals surface area contributed by atoms with Gasteiger partial charge in [0, 0.05) is 5.92 Å². The van der Waals surface area contributed by atoms with Crippen molar-refractivity contribution >= 4 is 22.1 Å². The maximum absolute atomic E-state index is 11.9. The zero-order valence-corrected chi connectivity index (χ0v) is 14.1. The number of hydroxylamine groups is 1. The number of hydrogen-bond donors (Lipinski definition) is 3. The number of rotatable bonds is 8. The van der Waals surface area contributed by atoms with Gasteiger partial charge in [0.2, 0.25) is 0 Å². The summed E-state index contributed by atoms with van der Waals surface area (Å²) in [4.78, 5) is 28.2. The summed E-state index contributed by atoms with van der Waals surface area (Å²) in [7, 11) is -3.13. The van der Waals surface area contributed by atoms with Crippen LogP contribution in [0.3, 0.4) is 0 Å². The Morgan fingerprint density at radius 3 is 2.42 bits per heavy atom. The summed E-state index contributed by atoms with van der Waals surface area (Å²) in [5.41, 5.74) is 2.75. The van der Waals surface area contributed by atoms with Crippen molar-refractivity contribution in [1.29, 1.82) is 0 Å². The molecule has 9 nitrogen and oxygen atoms in total. The second-order valence-corrected chi connectivity index (χ2v) is 6.58. The van der Waals surface area contributed by atoms with E-state index in [4.69, 9.17) is 9.29 Å².